The van der Waals surface area contributed by atoms with E-state index >= 15 is 0 Å². The van der Waals surface area contributed by atoms with Gasteiger partial charge in [0.15, 0.2) is 0 Å². The second-order valence-corrected chi connectivity index (χ2v) is 4.16. The fraction of sp³-hybridized carbons (Fsp3) is 0.200. The van der Waals surface area contributed by atoms with Crippen molar-refractivity contribution in [2.24, 2.45) is 0 Å². The second kappa shape index (κ2) is 3.78. The first-order valence-corrected chi connectivity index (χ1v) is 5.11. The average molecular weight is 295 g/mol. The Bertz CT molecular complexity index is 531. The average Bonchev–Trinajstić information content (AvgIpc) is 2.57. The second-order valence-electron chi connectivity index (χ2n) is 3.24. The van der Waals surface area contributed by atoms with Crippen molar-refractivity contribution in [2.45, 2.75) is 12.8 Å². The predicted octanol–water partition coefficient (Wildman–Crippen LogP) is 3.71. The maximum atomic E-state index is 12.7. The number of aliphatic hydroxyl groups excluding tert-OH is 1. The highest BCUT2D eigenvalue weighted by Gasteiger charge is 2.34. The third-order valence-electron chi connectivity index (χ3n) is 2.09. The van der Waals surface area contributed by atoms with Crippen LogP contribution in [0.5, 0.6) is 0 Å². The van der Waals surface area contributed by atoms with E-state index in [0.717, 1.165) is 6.07 Å². The van der Waals surface area contributed by atoms with Crippen molar-refractivity contribution < 1.29 is 22.7 Å². The van der Waals surface area contributed by atoms with Gasteiger partial charge in [-0.1, -0.05) is 15.9 Å². The molecule has 1 aromatic heterocycles. The maximum Gasteiger partial charge on any atom is 0.420 e. The van der Waals surface area contributed by atoms with E-state index in [0.29, 0.717) is 9.86 Å². The lowest BCUT2D eigenvalue weighted by atomic mass is 10.1. The van der Waals surface area contributed by atoms with E-state index in [9.17, 15) is 13.2 Å². The molecule has 2 aromatic rings. The Morgan fingerprint density at radius 3 is 2.50 bits per heavy atom. The molecule has 1 N–H and O–H groups in total. The highest BCUT2D eigenvalue weighted by Crippen LogP contribution is 2.38. The Labute approximate surface area is 96.8 Å². The molecule has 0 aliphatic rings. The van der Waals surface area contributed by atoms with E-state index in [2.05, 4.69) is 15.9 Å². The summed E-state index contributed by atoms with van der Waals surface area (Å²) in [5.74, 6) is 0.110. The third-order valence-corrected chi connectivity index (χ3v) is 2.55. The summed E-state index contributed by atoms with van der Waals surface area (Å²) in [5.41, 5.74) is -1.10. The van der Waals surface area contributed by atoms with Crippen LogP contribution in [0.15, 0.2) is 27.1 Å². The van der Waals surface area contributed by atoms with Crippen LogP contribution in [0.3, 0.4) is 0 Å². The van der Waals surface area contributed by atoms with Crippen LogP contribution in [0.4, 0.5) is 13.2 Å². The molecule has 6 heteroatoms. The first kappa shape index (κ1) is 11.5. The monoisotopic (exact) mass is 294 g/mol. The molecule has 0 aliphatic carbocycles. The summed E-state index contributed by atoms with van der Waals surface area (Å²) in [6.07, 6.45) is -4.48. The summed E-state index contributed by atoms with van der Waals surface area (Å²) in [7, 11) is 0. The van der Waals surface area contributed by atoms with Crippen LogP contribution in [0.2, 0.25) is 0 Å². The minimum Gasteiger partial charge on any atom is -0.458 e. The number of aliphatic hydroxyl groups is 1. The number of benzene rings is 1. The molecule has 1 aromatic carbocycles. The lowest BCUT2D eigenvalue weighted by Crippen LogP contribution is -2.05. The first-order chi connectivity index (χ1) is 7.41. The first-order valence-electron chi connectivity index (χ1n) is 4.32. The number of hydrogen-bond acceptors (Lipinski definition) is 2. The molecule has 1 heterocycles. The number of fused-ring (bicyclic) bond motifs is 1. The minimum atomic E-state index is -4.48. The Hall–Kier alpha value is -1.01. The van der Waals surface area contributed by atoms with Crippen molar-refractivity contribution >= 4 is 26.9 Å². The van der Waals surface area contributed by atoms with Crippen molar-refractivity contribution in [2.75, 3.05) is 0 Å². The molecule has 0 saturated carbocycles. The third kappa shape index (κ3) is 1.94. The van der Waals surface area contributed by atoms with Gasteiger partial charge in [0, 0.05) is 9.86 Å². The van der Waals surface area contributed by atoms with Gasteiger partial charge in [0.1, 0.15) is 18.0 Å². The SMILES string of the molecule is OCc1cc2cc(Br)cc(C(F)(F)F)c2o1. The number of hydrogen-bond donors (Lipinski definition) is 1. The van der Waals surface area contributed by atoms with Crippen LogP contribution in [0, 0.1) is 0 Å². The summed E-state index contributed by atoms with van der Waals surface area (Å²) < 4.78 is 43.3. The van der Waals surface area contributed by atoms with Gasteiger partial charge in [0.05, 0.1) is 5.56 Å². The summed E-state index contributed by atoms with van der Waals surface area (Å²) in [6.45, 7) is -0.427. The van der Waals surface area contributed by atoms with Gasteiger partial charge in [0.2, 0.25) is 0 Å². The summed E-state index contributed by atoms with van der Waals surface area (Å²) in [5, 5.41) is 9.13. The van der Waals surface area contributed by atoms with Crippen LogP contribution >= 0.6 is 15.9 Å². The van der Waals surface area contributed by atoms with Crippen LogP contribution in [0.25, 0.3) is 11.0 Å². The van der Waals surface area contributed by atoms with E-state index in [1.807, 2.05) is 0 Å². The summed E-state index contributed by atoms with van der Waals surface area (Å²) in [4.78, 5) is 0. The van der Waals surface area contributed by atoms with Gasteiger partial charge in [-0.15, -0.1) is 0 Å². The van der Waals surface area contributed by atoms with Gasteiger partial charge in [-0.2, -0.15) is 13.2 Å². The van der Waals surface area contributed by atoms with E-state index in [1.165, 1.54) is 12.1 Å². The smallest absolute Gasteiger partial charge is 0.420 e. The Balaban J connectivity index is 2.76. The minimum absolute atomic E-state index is 0.110. The molecule has 0 spiro atoms. The Kier molecular flexibility index (Phi) is 2.71. The number of rotatable bonds is 1. The quantitative estimate of drug-likeness (QED) is 0.870. The van der Waals surface area contributed by atoms with E-state index in [1.54, 1.807) is 0 Å². The number of furan rings is 1. The molecule has 0 atom stereocenters. The summed E-state index contributed by atoms with van der Waals surface area (Å²) in [6, 6.07) is 3.84. The number of alkyl halides is 3. The van der Waals surface area contributed by atoms with E-state index < -0.39 is 18.3 Å². The molecule has 2 nitrogen and oxygen atoms in total. The van der Waals surface area contributed by atoms with Crippen LogP contribution in [-0.2, 0) is 12.8 Å². The van der Waals surface area contributed by atoms with Crippen molar-refractivity contribution in [3.8, 4) is 0 Å². The fourth-order valence-corrected chi connectivity index (χ4v) is 1.93. The molecule has 0 unspecified atom stereocenters. The Morgan fingerprint density at radius 2 is 1.94 bits per heavy atom. The summed E-state index contributed by atoms with van der Waals surface area (Å²) >= 11 is 3.00. The largest absolute Gasteiger partial charge is 0.458 e. The molecule has 2 rings (SSSR count). The number of halogens is 4. The predicted molar refractivity (Wildman–Crippen MR) is 54.8 cm³/mol. The highest BCUT2D eigenvalue weighted by atomic mass is 79.9. The molecule has 0 bridgehead atoms. The highest BCUT2D eigenvalue weighted by molar-refractivity contribution is 9.10. The van der Waals surface area contributed by atoms with Crippen molar-refractivity contribution in [1.29, 1.82) is 0 Å². The molecule has 86 valence electrons. The normalized spacial score (nSPS) is 12.3. The van der Waals surface area contributed by atoms with E-state index in [4.69, 9.17) is 9.52 Å². The van der Waals surface area contributed by atoms with Gasteiger partial charge in [-0.3, -0.25) is 0 Å². The molecule has 0 aliphatic heterocycles. The topological polar surface area (TPSA) is 33.4 Å². The van der Waals surface area contributed by atoms with Crippen molar-refractivity contribution in [1.82, 2.24) is 0 Å². The van der Waals surface area contributed by atoms with Gasteiger partial charge >= 0.3 is 6.18 Å². The van der Waals surface area contributed by atoms with Crippen LogP contribution in [-0.4, -0.2) is 5.11 Å². The fourth-order valence-electron chi connectivity index (χ4n) is 1.46. The zero-order valence-corrected chi connectivity index (χ0v) is 9.39. The van der Waals surface area contributed by atoms with Crippen LogP contribution < -0.4 is 0 Å². The molecular weight excluding hydrogens is 289 g/mol. The van der Waals surface area contributed by atoms with Gasteiger partial charge in [0.25, 0.3) is 0 Å². The lowest BCUT2D eigenvalue weighted by molar-refractivity contribution is -0.136. The molecule has 0 amide bonds. The maximum absolute atomic E-state index is 12.7. The zero-order valence-electron chi connectivity index (χ0n) is 7.81. The van der Waals surface area contributed by atoms with Crippen molar-refractivity contribution in [3.63, 3.8) is 0 Å². The molecular formula is C10H6BrF3O2. The molecule has 0 radical (unpaired) electrons. The van der Waals surface area contributed by atoms with Crippen LogP contribution in [0.1, 0.15) is 11.3 Å². The molecule has 0 fully saturated rings. The standard InChI is InChI=1S/C10H6BrF3O2/c11-6-1-5-2-7(4-15)16-9(5)8(3-6)10(12,13)14/h1-3,15H,4H2. The molecule has 0 saturated heterocycles. The van der Waals surface area contributed by atoms with E-state index in [-0.39, 0.29) is 11.3 Å². The van der Waals surface area contributed by atoms with Gasteiger partial charge in [-0.05, 0) is 18.2 Å². The van der Waals surface area contributed by atoms with Crippen molar-refractivity contribution in [3.05, 3.63) is 34.0 Å². The molecule has 16 heavy (non-hydrogen) atoms. The lowest BCUT2D eigenvalue weighted by Gasteiger charge is -2.07. The van der Waals surface area contributed by atoms with Gasteiger partial charge in [-0.25, -0.2) is 0 Å². The Morgan fingerprint density at radius 1 is 1.25 bits per heavy atom. The van der Waals surface area contributed by atoms with Gasteiger partial charge < -0.3 is 9.52 Å². The zero-order chi connectivity index (χ0) is 11.9.